The molecule has 0 aliphatic carbocycles. The van der Waals surface area contributed by atoms with Crippen LogP contribution in [0, 0.1) is 6.92 Å². The fourth-order valence-electron chi connectivity index (χ4n) is 1.44. The molecule has 0 spiro atoms. The molecule has 1 aromatic heterocycles. The molecule has 0 fully saturated rings. The molecule has 1 aromatic carbocycles. The zero-order valence-electron chi connectivity index (χ0n) is 8.16. The van der Waals surface area contributed by atoms with Gasteiger partial charge in [0, 0.05) is 14.9 Å². The average molecular weight is 281 g/mol. The van der Waals surface area contributed by atoms with Crippen LogP contribution in [-0.2, 0) is 0 Å². The van der Waals surface area contributed by atoms with Crippen molar-refractivity contribution in [2.45, 2.75) is 6.92 Å². The summed E-state index contributed by atoms with van der Waals surface area (Å²) in [5.74, 6) is 0. The molecule has 0 saturated heterocycles. The Kier molecular flexibility index (Phi) is 3.03. The zero-order chi connectivity index (χ0) is 10.8. The summed E-state index contributed by atoms with van der Waals surface area (Å²) in [6, 6.07) is 7.77. The molecule has 2 aromatic rings. The molecule has 1 nitrogen and oxygen atoms in total. The van der Waals surface area contributed by atoms with Crippen molar-refractivity contribution < 1.29 is 4.79 Å². The summed E-state index contributed by atoms with van der Waals surface area (Å²) < 4.78 is 1.08. The Balaban J connectivity index is 2.61. The quantitative estimate of drug-likeness (QED) is 0.750. The molecule has 3 heteroatoms. The predicted octanol–water partition coefficient (Wildman–Crippen LogP) is 4.30. The molecule has 2 rings (SSSR count). The molecular formula is C12H9BrOS. The Labute approximate surface area is 101 Å². The fourth-order valence-corrected chi connectivity index (χ4v) is 3.11. The third kappa shape index (κ3) is 2.03. The first-order valence-electron chi connectivity index (χ1n) is 4.51. The van der Waals surface area contributed by atoms with Crippen LogP contribution in [0.2, 0.25) is 0 Å². The highest BCUT2D eigenvalue weighted by atomic mass is 79.9. The van der Waals surface area contributed by atoms with Gasteiger partial charge in [-0.15, -0.1) is 11.3 Å². The van der Waals surface area contributed by atoms with Gasteiger partial charge < -0.3 is 0 Å². The predicted molar refractivity (Wildman–Crippen MR) is 67.6 cm³/mol. The van der Waals surface area contributed by atoms with Crippen LogP contribution in [0.25, 0.3) is 10.4 Å². The molecular weight excluding hydrogens is 272 g/mol. The van der Waals surface area contributed by atoms with E-state index in [1.54, 1.807) is 11.3 Å². The van der Waals surface area contributed by atoms with Gasteiger partial charge in [-0.05, 0) is 51.5 Å². The number of halogens is 1. The maximum atomic E-state index is 10.7. The summed E-state index contributed by atoms with van der Waals surface area (Å²) >= 11 is 5.18. The largest absolute Gasteiger partial charge is 0.298 e. The maximum absolute atomic E-state index is 10.7. The van der Waals surface area contributed by atoms with Crippen LogP contribution in [0.4, 0.5) is 0 Å². The van der Waals surface area contributed by atoms with Gasteiger partial charge in [-0.3, -0.25) is 4.79 Å². The zero-order valence-corrected chi connectivity index (χ0v) is 10.6. The van der Waals surface area contributed by atoms with E-state index in [-0.39, 0.29) is 0 Å². The van der Waals surface area contributed by atoms with Crippen molar-refractivity contribution in [2.24, 2.45) is 0 Å². The Morgan fingerprint density at radius 3 is 2.73 bits per heavy atom. The molecule has 0 radical (unpaired) electrons. The number of carbonyl (C=O) groups excluding carboxylic acids is 1. The van der Waals surface area contributed by atoms with E-state index in [9.17, 15) is 4.79 Å². The van der Waals surface area contributed by atoms with E-state index < -0.39 is 0 Å². The summed E-state index contributed by atoms with van der Waals surface area (Å²) in [6.45, 7) is 2.05. The number of hydrogen-bond donors (Lipinski definition) is 0. The van der Waals surface area contributed by atoms with Crippen LogP contribution in [0.1, 0.15) is 15.9 Å². The lowest BCUT2D eigenvalue weighted by Gasteiger charge is -2.04. The van der Waals surface area contributed by atoms with Crippen LogP contribution >= 0.6 is 27.3 Å². The minimum absolute atomic E-state index is 0.718. The second kappa shape index (κ2) is 4.29. The molecule has 0 saturated carbocycles. The monoisotopic (exact) mass is 280 g/mol. The van der Waals surface area contributed by atoms with E-state index in [1.807, 2.05) is 29.6 Å². The van der Waals surface area contributed by atoms with Gasteiger partial charge in [0.25, 0.3) is 0 Å². The van der Waals surface area contributed by atoms with Gasteiger partial charge in [-0.2, -0.15) is 0 Å². The van der Waals surface area contributed by atoms with Crippen molar-refractivity contribution in [2.75, 3.05) is 0 Å². The van der Waals surface area contributed by atoms with Gasteiger partial charge in [-0.1, -0.05) is 12.1 Å². The van der Waals surface area contributed by atoms with Gasteiger partial charge in [0.15, 0.2) is 0 Å². The number of aldehydes is 1. The normalized spacial score (nSPS) is 10.3. The van der Waals surface area contributed by atoms with E-state index in [0.29, 0.717) is 0 Å². The van der Waals surface area contributed by atoms with E-state index in [1.165, 1.54) is 10.4 Å². The van der Waals surface area contributed by atoms with Crippen molar-refractivity contribution in [1.82, 2.24) is 0 Å². The third-order valence-corrected chi connectivity index (χ3v) is 4.13. The average Bonchev–Trinajstić information content (AvgIpc) is 2.65. The number of carbonyl (C=O) groups is 1. The van der Waals surface area contributed by atoms with Crippen molar-refractivity contribution in [3.8, 4) is 10.4 Å². The van der Waals surface area contributed by atoms with Gasteiger partial charge in [-0.25, -0.2) is 0 Å². The lowest BCUT2D eigenvalue weighted by Crippen LogP contribution is -1.85. The Morgan fingerprint density at radius 2 is 2.13 bits per heavy atom. The molecule has 0 aliphatic rings. The summed E-state index contributed by atoms with van der Waals surface area (Å²) in [5.41, 5.74) is 3.03. The molecule has 0 N–H and O–H groups in total. The fraction of sp³-hybridized carbons (Fsp3) is 0.0833. The minimum atomic E-state index is 0.718. The van der Waals surface area contributed by atoms with E-state index in [4.69, 9.17) is 0 Å². The Morgan fingerprint density at radius 1 is 1.33 bits per heavy atom. The van der Waals surface area contributed by atoms with Crippen LogP contribution in [0.15, 0.2) is 34.1 Å². The Hall–Kier alpha value is -0.930. The number of hydrogen-bond acceptors (Lipinski definition) is 2. The second-order valence-electron chi connectivity index (χ2n) is 3.29. The lowest BCUT2D eigenvalue weighted by molar-refractivity contribution is 0.112. The highest BCUT2D eigenvalue weighted by Crippen LogP contribution is 2.35. The van der Waals surface area contributed by atoms with E-state index >= 15 is 0 Å². The summed E-state index contributed by atoms with van der Waals surface area (Å²) in [6.07, 6.45) is 0.879. The minimum Gasteiger partial charge on any atom is -0.298 e. The van der Waals surface area contributed by atoms with Crippen molar-refractivity contribution in [3.63, 3.8) is 0 Å². The summed E-state index contributed by atoms with van der Waals surface area (Å²) in [5, 5.41) is 2.03. The summed E-state index contributed by atoms with van der Waals surface area (Å²) in [4.78, 5) is 11.9. The molecule has 0 atom stereocenters. The highest BCUT2D eigenvalue weighted by molar-refractivity contribution is 9.10. The van der Waals surface area contributed by atoms with Gasteiger partial charge >= 0.3 is 0 Å². The number of benzene rings is 1. The van der Waals surface area contributed by atoms with Crippen molar-refractivity contribution in [1.29, 1.82) is 0 Å². The smallest absolute Gasteiger partial charge is 0.150 e. The van der Waals surface area contributed by atoms with Crippen molar-refractivity contribution >= 4 is 33.6 Å². The highest BCUT2D eigenvalue weighted by Gasteiger charge is 2.08. The Bertz CT molecular complexity index is 502. The van der Waals surface area contributed by atoms with Crippen LogP contribution in [-0.4, -0.2) is 6.29 Å². The molecule has 0 unspecified atom stereocenters. The molecule has 0 amide bonds. The molecule has 76 valence electrons. The van der Waals surface area contributed by atoms with Crippen LogP contribution in [0.5, 0.6) is 0 Å². The first kappa shape index (κ1) is 10.6. The van der Waals surface area contributed by atoms with E-state index in [0.717, 1.165) is 21.9 Å². The maximum Gasteiger partial charge on any atom is 0.150 e. The first-order valence-corrected chi connectivity index (χ1v) is 6.19. The molecule has 1 heterocycles. The third-order valence-electron chi connectivity index (χ3n) is 2.26. The topological polar surface area (TPSA) is 17.1 Å². The van der Waals surface area contributed by atoms with Gasteiger partial charge in [0.2, 0.25) is 0 Å². The number of aryl methyl sites for hydroxylation is 1. The van der Waals surface area contributed by atoms with E-state index in [2.05, 4.69) is 22.9 Å². The van der Waals surface area contributed by atoms with Crippen LogP contribution in [0.3, 0.4) is 0 Å². The van der Waals surface area contributed by atoms with Gasteiger partial charge in [0.05, 0.1) is 0 Å². The first-order chi connectivity index (χ1) is 7.22. The molecule has 0 aliphatic heterocycles. The number of thiophene rings is 1. The summed E-state index contributed by atoms with van der Waals surface area (Å²) in [7, 11) is 0. The molecule has 15 heavy (non-hydrogen) atoms. The SMILES string of the molecule is Cc1ccc(C=O)cc1-c1sccc1Br. The lowest BCUT2D eigenvalue weighted by atomic mass is 10.0. The standard InChI is InChI=1S/C12H9BrOS/c1-8-2-3-9(7-14)6-10(8)12-11(13)4-5-15-12/h2-7H,1H3. The number of rotatable bonds is 2. The second-order valence-corrected chi connectivity index (χ2v) is 5.06. The molecule has 0 bridgehead atoms. The van der Waals surface area contributed by atoms with Gasteiger partial charge in [0.1, 0.15) is 6.29 Å². The van der Waals surface area contributed by atoms with Crippen LogP contribution < -0.4 is 0 Å². The van der Waals surface area contributed by atoms with Crippen molar-refractivity contribution in [3.05, 3.63) is 45.2 Å².